The lowest BCUT2D eigenvalue weighted by Crippen LogP contribution is -2.35. The zero-order valence-corrected chi connectivity index (χ0v) is 11.4. The third-order valence-electron chi connectivity index (χ3n) is 3.87. The first-order valence-corrected chi connectivity index (χ1v) is 7.20. The molecular formula is C13H20N2OS. The zero-order chi connectivity index (χ0) is 12.3. The number of rotatable bonds is 4. The number of nitrogens with zero attached hydrogens (tertiary/aromatic N) is 2. The number of hydrogen-bond acceptors (Lipinski definition) is 4. The normalized spacial score (nSPS) is 24.6. The van der Waals surface area contributed by atoms with Gasteiger partial charge in [0.2, 0.25) is 0 Å². The van der Waals surface area contributed by atoms with Crippen molar-refractivity contribution in [3.8, 4) is 0 Å². The summed E-state index contributed by atoms with van der Waals surface area (Å²) in [6, 6.07) is 0.600. The van der Waals surface area contributed by atoms with Crippen molar-refractivity contribution in [2.45, 2.75) is 45.1 Å². The van der Waals surface area contributed by atoms with Gasteiger partial charge in [0.15, 0.2) is 11.4 Å². The highest BCUT2D eigenvalue weighted by Crippen LogP contribution is 2.32. The van der Waals surface area contributed by atoms with Crippen LogP contribution in [0.3, 0.4) is 0 Å². The molecule has 0 aromatic carbocycles. The van der Waals surface area contributed by atoms with E-state index in [0.717, 1.165) is 17.3 Å². The molecule has 0 radical (unpaired) electrons. The summed E-state index contributed by atoms with van der Waals surface area (Å²) in [6.45, 7) is 2.28. The Hall–Kier alpha value is -0.900. The van der Waals surface area contributed by atoms with Crippen molar-refractivity contribution < 1.29 is 4.79 Å². The van der Waals surface area contributed by atoms with Crippen molar-refractivity contribution in [2.24, 2.45) is 5.92 Å². The van der Waals surface area contributed by atoms with Gasteiger partial charge in [0.25, 0.3) is 0 Å². The van der Waals surface area contributed by atoms with Gasteiger partial charge in [0, 0.05) is 13.1 Å². The summed E-state index contributed by atoms with van der Waals surface area (Å²) in [4.78, 5) is 17.9. The van der Waals surface area contributed by atoms with Crippen LogP contribution in [0.4, 0.5) is 5.13 Å². The minimum Gasteiger partial charge on any atom is -0.348 e. The maximum absolute atomic E-state index is 10.7. The quantitative estimate of drug-likeness (QED) is 0.770. The van der Waals surface area contributed by atoms with Crippen molar-refractivity contribution in [3.05, 3.63) is 11.1 Å². The van der Waals surface area contributed by atoms with E-state index in [1.54, 1.807) is 6.20 Å². The second kappa shape index (κ2) is 5.63. The molecule has 1 heterocycles. The van der Waals surface area contributed by atoms with Gasteiger partial charge >= 0.3 is 0 Å². The largest absolute Gasteiger partial charge is 0.348 e. The first-order chi connectivity index (χ1) is 8.24. The van der Waals surface area contributed by atoms with Gasteiger partial charge < -0.3 is 4.90 Å². The molecule has 0 N–H and O–H groups in total. The van der Waals surface area contributed by atoms with E-state index in [2.05, 4.69) is 23.9 Å². The molecule has 3 nitrogen and oxygen atoms in total. The van der Waals surface area contributed by atoms with Crippen LogP contribution in [0.1, 0.15) is 48.7 Å². The minimum absolute atomic E-state index is 0.600. The van der Waals surface area contributed by atoms with Crippen LogP contribution >= 0.6 is 11.3 Å². The Balaban J connectivity index is 1.96. The summed E-state index contributed by atoms with van der Waals surface area (Å²) in [6.07, 6.45) is 9.03. The average Bonchev–Trinajstić information content (AvgIpc) is 2.87. The van der Waals surface area contributed by atoms with Crippen LogP contribution in [0, 0.1) is 5.92 Å². The molecule has 1 saturated carbocycles. The molecule has 1 aliphatic carbocycles. The molecule has 0 bridgehead atoms. The number of carbonyl (C=O) groups is 1. The standard InChI is InChI=1S/C13H20N2OS/c1-3-10-4-6-11(7-5-10)15(2)13-14-8-12(9-16)17-13/h8-11H,3-7H2,1-2H3. The molecular weight excluding hydrogens is 232 g/mol. The van der Waals surface area contributed by atoms with Gasteiger partial charge in [-0.2, -0.15) is 0 Å². The van der Waals surface area contributed by atoms with Gasteiger partial charge in [-0.1, -0.05) is 24.7 Å². The third-order valence-corrected chi connectivity index (χ3v) is 4.88. The molecule has 1 aromatic heterocycles. The van der Waals surface area contributed by atoms with Crippen molar-refractivity contribution in [3.63, 3.8) is 0 Å². The number of anilines is 1. The predicted octanol–water partition coefficient (Wildman–Crippen LogP) is 3.36. The number of hydrogen-bond donors (Lipinski definition) is 0. The van der Waals surface area contributed by atoms with Gasteiger partial charge in [-0.15, -0.1) is 0 Å². The molecule has 1 fully saturated rings. The molecule has 0 atom stereocenters. The van der Waals surface area contributed by atoms with E-state index in [0.29, 0.717) is 10.9 Å². The van der Waals surface area contributed by atoms with Gasteiger partial charge in [-0.25, -0.2) is 4.98 Å². The summed E-state index contributed by atoms with van der Waals surface area (Å²) in [5.74, 6) is 0.918. The molecule has 1 aliphatic rings. The second-order valence-corrected chi connectivity index (χ2v) is 5.90. The molecule has 0 aliphatic heterocycles. The molecule has 0 amide bonds. The highest BCUT2D eigenvalue weighted by Gasteiger charge is 2.24. The summed E-state index contributed by atoms with van der Waals surface area (Å²) in [7, 11) is 2.10. The van der Waals surface area contributed by atoms with Crippen molar-refractivity contribution >= 4 is 22.8 Å². The van der Waals surface area contributed by atoms with E-state index < -0.39 is 0 Å². The Bertz CT molecular complexity index is 369. The summed E-state index contributed by atoms with van der Waals surface area (Å²) >= 11 is 1.49. The van der Waals surface area contributed by atoms with Crippen molar-refractivity contribution in [1.29, 1.82) is 0 Å². The lowest BCUT2D eigenvalue weighted by atomic mass is 9.84. The monoisotopic (exact) mass is 252 g/mol. The Morgan fingerprint density at radius 2 is 2.18 bits per heavy atom. The summed E-state index contributed by atoms with van der Waals surface area (Å²) < 4.78 is 0. The topological polar surface area (TPSA) is 33.2 Å². The lowest BCUT2D eigenvalue weighted by molar-refractivity contribution is 0.112. The number of thiazole rings is 1. The van der Waals surface area contributed by atoms with Gasteiger partial charge in [-0.05, 0) is 31.6 Å². The minimum atomic E-state index is 0.600. The van der Waals surface area contributed by atoms with Crippen LogP contribution in [0.15, 0.2) is 6.20 Å². The molecule has 2 rings (SSSR count). The SMILES string of the molecule is CCC1CCC(N(C)c2ncc(C=O)s2)CC1. The fourth-order valence-electron chi connectivity index (χ4n) is 2.59. The summed E-state index contributed by atoms with van der Waals surface area (Å²) in [5, 5.41) is 0.979. The molecule has 0 unspecified atom stereocenters. The second-order valence-electron chi connectivity index (χ2n) is 4.86. The maximum atomic E-state index is 10.7. The number of carbonyl (C=O) groups excluding carboxylic acids is 1. The van der Waals surface area contributed by atoms with E-state index in [9.17, 15) is 4.79 Å². The van der Waals surface area contributed by atoms with E-state index in [1.165, 1.54) is 43.4 Å². The van der Waals surface area contributed by atoms with Crippen molar-refractivity contribution in [1.82, 2.24) is 4.98 Å². The van der Waals surface area contributed by atoms with Crippen LogP contribution in [-0.2, 0) is 0 Å². The van der Waals surface area contributed by atoms with Crippen LogP contribution in [0.5, 0.6) is 0 Å². The summed E-state index contributed by atoms with van der Waals surface area (Å²) in [5.41, 5.74) is 0. The van der Waals surface area contributed by atoms with Gasteiger partial charge in [-0.3, -0.25) is 4.79 Å². The lowest BCUT2D eigenvalue weighted by Gasteiger charge is -2.34. The third kappa shape index (κ3) is 2.86. The Labute approximate surface area is 107 Å². The zero-order valence-electron chi connectivity index (χ0n) is 10.6. The maximum Gasteiger partial charge on any atom is 0.185 e. The first-order valence-electron chi connectivity index (χ1n) is 6.38. The predicted molar refractivity (Wildman–Crippen MR) is 71.9 cm³/mol. The molecule has 94 valence electrons. The van der Waals surface area contributed by atoms with Crippen LogP contribution in [0.25, 0.3) is 0 Å². The Kier molecular flexibility index (Phi) is 4.15. The fraction of sp³-hybridized carbons (Fsp3) is 0.692. The Morgan fingerprint density at radius 1 is 1.47 bits per heavy atom. The average molecular weight is 252 g/mol. The molecule has 0 spiro atoms. The van der Waals surface area contributed by atoms with Crippen LogP contribution in [-0.4, -0.2) is 24.4 Å². The highest BCUT2D eigenvalue weighted by molar-refractivity contribution is 7.17. The molecule has 0 saturated heterocycles. The molecule has 17 heavy (non-hydrogen) atoms. The van der Waals surface area contributed by atoms with Crippen LogP contribution < -0.4 is 4.90 Å². The van der Waals surface area contributed by atoms with E-state index >= 15 is 0 Å². The van der Waals surface area contributed by atoms with E-state index in [4.69, 9.17) is 0 Å². The molecule has 1 aromatic rings. The molecule has 4 heteroatoms. The van der Waals surface area contributed by atoms with E-state index in [-0.39, 0.29) is 0 Å². The van der Waals surface area contributed by atoms with Gasteiger partial charge in [0.1, 0.15) is 0 Å². The van der Waals surface area contributed by atoms with Gasteiger partial charge in [0.05, 0.1) is 11.1 Å². The first kappa shape index (κ1) is 12.6. The number of aromatic nitrogens is 1. The highest BCUT2D eigenvalue weighted by atomic mass is 32.1. The smallest absolute Gasteiger partial charge is 0.185 e. The van der Waals surface area contributed by atoms with E-state index in [1.807, 2.05) is 0 Å². The van der Waals surface area contributed by atoms with Crippen LogP contribution in [0.2, 0.25) is 0 Å². The Morgan fingerprint density at radius 3 is 2.71 bits per heavy atom. The van der Waals surface area contributed by atoms with Crippen molar-refractivity contribution in [2.75, 3.05) is 11.9 Å². The fourth-order valence-corrected chi connectivity index (χ4v) is 3.35. The number of aldehydes is 1.